The van der Waals surface area contributed by atoms with E-state index in [-0.39, 0.29) is 31.3 Å². The summed E-state index contributed by atoms with van der Waals surface area (Å²) in [5.41, 5.74) is 8.61. The Hall–Kier alpha value is -1.81. The van der Waals surface area contributed by atoms with Crippen LogP contribution < -0.4 is 5.73 Å². The van der Waals surface area contributed by atoms with Gasteiger partial charge < -0.3 is 10.8 Å². The van der Waals surface area contributed by atoms with E-state index < -0.39 is 5.97 Å². The van der Waals surface area contributed by atoms with E-state index in [4.69, 9.17) is 22.4 Å². The molecule has 1 atom stereocenters. The van der Waals surface area contributed by atoms with E-state index in [1.807, 2.05) is 54.6 Å². The zero-order valence-corrected chi connectivity index (χ0v) is 14.1. The summed E-state index contributed by atoms with van der Waals surface area (Å²) in [6.45, 7) is 0.278. The molecule has 0 fully saturated rings. The maximum atomic E-state index is 11.0. The van der Waals surface area contributed by atoms with Crippen molar-refractivity contribution in [1.82, 2.24) is 0 Å². The molecule has 3 N–H and O–H groups in total. The molecular formula is C18H19Cl2NO2. The minimum absolute atomic E-state index is 0. The van der Waals surface area contributed by atoms with Gasteiger partial charge in [-0.3, -0.25) is 4.79 Å². The van der Waals surface area contributed by atoms with Crippen LogP contribution in [0.3, 0.4) is 0 Å². The molecule has 3 nitrogen and oxygen atoms in total. The monoisotopic (exact) mass is 351 g/mol. The first-order chi connectivity index (χ1) is 10.6. The van der Waals surface area contributed by atoms with Crippen LogP contribution >= 0.6 is 24.0 Å². The highest BCUT2D eigenvalue weighted by Gasteiger charge is 2.16. The third-order valence-electron chi connectivity index (χ3n) is 3.45. The van der Waals surface area contributed by atoms with Crippen LogP contribution in [0.1, 0.15) is 29.0 Å². The van der Waals surface area contributed by atoms with Gasteiger partial charge >= 0.3 is 5.97 Å². The molecule has 0 aromatic heterocycles. The SMILES string of the molecule is Cl.NC[C@H](CC(=O)O)c1ccc(Cl)cc1/C=C/c1ccccc1. The molecule has 0 spiro atoms. The number of halogens is 2. The molecule has 0 aliphatic carbocycles. The van der Waals surface area contributed by atoms with Crippen LogP contribution in [0.2, 0.25) is 5.02 Å². The van der Waals surface area contributed by atoms with Crippen LogP contribution in [0, 0.1) is 0 Å². The van der Waals surface area contributed by atoms with Crippen molar-refractivity contribution in [3.8, 4) is 0 Å². The summed E-state index contributed by atoms with van der Waals surface area (Å²) in [4.78, 5) is 11.0. The lowest BCUT2D eigenvalue weighted by Crippen LogP contribution is -2.17. The summed E-state index contributed by atoms with van der Waals surface area (Å²) in [7, 11) is 0. The summed E-state index contributed by atoms with van der Waals surface area (Å²) in [5.74, 6) is -1.09. The fraction of sp³-hybridized carbons (Fsp3) is 0.167. The zero-order valence-electron chi connectivity index (χ0n) is 12.5. The largest absolute Gasteiger partial charge is 0.481 e. The molecule has 0 amide bonds. The molecule has 0 bridgehead atoms. The topological polar surface area (TPSA) is 63.3 Å². The quantitative estimate of drug-likeness (QED) is 0.755. The highest BCUT2D eigenvalue weighted by molar-refractivity contribution is 6.30. The lowest BCUT2D eigenvalue weighted by molar-refractivity contribution is -0.137. The average Bonchev–Trinajstić information content (AvgIpc) is 2.52. The predicted octanol–water partition coefficient (Wildman–Crippen LogP) is 4.45. The maximum Gasteiger partial charge on any atom is 0.304 e. The summed E-state index contributed by atoms with van der Waals surface area (Å²) in [5, 5.41) is 9.64. The molecule has 2 aromatic carbocycles. The van der Waals surface area contributed by atoms with Gasteiger partial charge in [-0.15, -0.1) is 12.4 Å². The van der Waals surface area contributed by atoms with E-state index in [0.29, 0.717) is 5.02 Å². The Bertz CT molecular complexity index is 672. The van der Waals surface area contributed by atoms with Crippen molar-refractivity contribution in [3.63, 3.8) is 0 Å². The summed E-state index contributed by atoms with van der Waals surface area (Å²) in [6, 6.07) is 15.3. The highest BCUT2D eigenvalue weighted by atomic mass is 35.5. The second-order valence-electron chi connectivity index (χ2n) is 5.05. The van der Waals surface area contributed by atoms with Gasteiger partial charge in [0.2, 0.25) is 0 Å². The number of carboxylic acid groups (broad SMARTS) is 1. The fourth-order valence-corrected chi connectivity index (χ4v) is 2.52. The molecular weight excluding hydrogens is 333 g/mol. The van der Waals surface area contributed by atoms with E-state index in [2.05, 4.69) is 0 Å². The van der Waals surface area contributed by atoms with Crippen LogP contribution in [0.4, 0.5) is 0 Å². The molecule has 0 heterocycles. The van der Waals surface area contributed by atoms with Crippen LogP contribution in [0.15, 0.2) is 48.5 Å². The maximum absolute atomic E-state index is 11.0. The molecule has 122 valence electrons. The molecule has 0 unspecified atom stereocenters. The van der Waals surface area contributed by atoms with Gasteiger partial charge in [0.05, 0.1) is 6.42 Å². The minimum Gasteiger partial charge on any atom is -0.481 e. The third-order valence-corrected chi connectivity index (χ3v) is 3.68. The smallest absolute Gasteiger partial charge is 0.304 e. The van der Waals surface area contributed by atoms with Gasteiger partial charge in [-0.05, 0) is 35.4 Å². The van der Waals surface area contributed by atoms with Crippen LogP contribution in [0.5, 0.6) is 0 Å². The Morgan fingerprint density at radius 1 is 1.17 bits per heavy atom. The number of hydrogen-bond donors (Lipinski definition) is 2. The fourth-order valence-electron chi connectivity index (χ4n) is 2.34. The van der Waals surface area contributed by atoms with Crippen molar-refractivity contribution in [2.75, 3.05) is 6.54 Å². The molecule has 2 aromatic rings. The Morgan fingerprint density at radius 3 is 2.48 bits per heavy atom. The molecule has 5 heteroatoms. The number of hydrogen-bond acceptors (Lipinski definition) is 2. The molecule has 2 rings (SSSR count). The first-order valence-corrected chi connectivity index (χ1v) is 7.42. The zero-order chi connectivity index (χ0) is 15.9. The van der Waals surface area contributed by atoms with Gasteiger partial charge in [-0.1, -0.05) is 60.2 Å². The Balaban J connectivity index is 0.00000264. The third kappa shape index (κ3) is 5.71. The predicted molar refractivity (Wildman–Crippen MR) is 98.1 cm³/mol. The summed E-state index contributed by atoms with van der Waals surface area (Å²) >= 11 is 6.07. The lowest BCUT2D eigenvalue weighted by Gasteiger charge is -2.16. The van der Waals surface area contributed by atoms with Crippen molar-refractivity contribution in [2.24, 2.45) is 5.73 Å². The number of rotatable bonds is 6. The van der Waals surface area contributed by atoms with E-state index >= 15 is 0 Å². The normalized spacial score (nSPS) is 11.9. The average molecular weight is 352 g/mol. The van der Waals surface area contributed by atoms with Crippen molar-refractivity contribution >= 4 is 42.1 Å². The van der Waals surface area contributed by atoms with Crippen molar-refractivity contribution < 1.29 is 9.90 Å². The number of benzene rings is 2. The Morgan fingerprint density at radius 2 is 1.87 bits per heavy atom. The van der Waals surface area contributed by atoms with E-state index in [1.165, 1.54) is 0 Å². The number of carbonyl (C=O) groups is 1. The van der Waals surface area contributed by atoms with E-state index in [1.54, 1.807) is 6.07 Å². The number of aliphatic carboxylic acids is 1. The van der Waals surface area contributed by atoms with Gasteiger partial charge in [0.15, 0.2) is 0 Å². The Labute approximate surface area is 147 Å². The van der Waals surface area contributed by atoms with Gasteiger partial charge in [0, 0.05) is 10.9 Å². The van der Waals surface area contributed by atoms with Crippen LogP contribution in [0.25, 0.3) is 12.2 Å². The molecule has 0 radical (unpaired) electrons. The minimum atomic E-state index is -0.858. The van der Waals surface area contributed by atoms with Gasteiger partial charge in [0.1, 0.15) is 0 Å². The molecule has 0 saturated heterocycles. The second-order valence-corrected chi connectivity index (χ2v) is 5.48. The van der Waals surface area contributed by atoms with Gasteiger partial charge in [-0.25, -0.2) is 0 Å². The highest BCUT2D eigenvalue weighted by Crippen LogP contribution is 2.27. The van der Waals surface area contributed by atoms with E-state index in [9.17, 15) is 4.79 Å². The van der Waals surface area contributed by atoms with Gasteiger partial charge in [-0.2, -0.15) is 0 Å². The number of carboxylic acids is 1. The number of nitrogens with two attached hydrogens (primary N) is 1. The standard InChI is InChI=1S/C18H18ClNO2.ClH/c19-16-8-9-17(15(12-20)11-18(21)22)14(10-16)7-6-13-4-2-1-3-5-13;/h1-10,15H,11-12,20H2,(H,21,22);1H/b7-6+;/t15-;/m0./s1. The van der Waals surface area contributed by atoms with E-state index in [0.717, 1.165) is 16.7 Å². The summed E-state index contributed by atoms with van der Waals surface area (Å²) < 4.78 is 0. The van der Waals surface area contributed by atoms with Crippen molar-refractivity contribution in [2.45, 2.75) is 12.3 Å². The van der Waals surface area contributed by atoms with Crippen LogP contribution in [-0.2, 0) is 4.79 Å². The van der Waals surface area contributed by atoms with Gasteiger partial charge in [0.25, 0.3) is 0 Å². The first-order valence-electron chi connectivity index (χ1n) is 7.04. The van der Waals surface area contributed by atoms with Crippen LogP contribution in [-0.4, -0.2) is 17.6 Å². The van der Waals surface area contributed by atoms with Crippen molar-refractivity contribution in [1.29, 1.82) is 0 Å². The summed E-state index contributed by atoms with van der Waals surface area (Å²) in [6.07, 6.45) is 3.93. The molecule has 0 saturated carbocycles. The first kappa shape index (κ1) is 19.2. The molecule has 0 aliphatic heterocycles. The second kappa shape index (κ2) is 9.36. The molecule has 23 heavy (non-hydrogen) atoms. The molecule has 0 aliphatic rings. The van der Waals surface area contributed by atoms with Crippen molar-refractivity contribution in [3.05, 3.63) is 70.2 Å². The lowest BCUT2D eigenvalue weighted by atomic mass is 9.91. The Kier molecular flexibility index (Phi) is 7.83.